The molecule has 1 aliphatic heterocycles. The third-order valence-corrected chi connectivity index (χ3v) is 8.63. The van der Waals surface area contributed by atoms with Crippen LogP contribution in [0, 0.1) is 10.8 Å². The minimum atomic E-state index is -0.524. The standard InChI is InChI=1S/C23H28B2N4O2/c1-30-18-4-5-21(12-20(18)6-7-20)9-15-3-2-14(16-10-27-13-28-11-16)8-17(15)22(21)23(24,25)31-19(26)29-22/h2-3,8,10-11,13,18H,4-7,9,12,24-25H2,1H3,(H2,26,29)/t18-,21+,22?/m1/s1. The molecule has 6 nitrogen and oxygen atoms in total. The summed E-state index contributed by atoms with van der Waals surface area (Å²) in [4.78, 5) is 13.6. The lowest BCUT2D eigenvalue weighted by molar-refractivity contribution is -0.0719. The van der Waals surface area contributed by atoms with Gasteiger partial charge in [-0.3, -0.25) is 0 Å². The molecule has 31 heavy (non-hydrogen) atoms. The Kier molecular flexibility index (Phi) is 3.82. The Labute approximate surface area is 184 Å². The van der Waals surface area contributed by atoms with Crippen LogP contribution in [0.15, 0.2) is 41.9 Å². The van der Waals surface area contributed by atoms with Gasteiger partial charge in [0, 0.05) is 30.5 Å². The Morgan fingerprint density at radius 2 is 1.90 bits per heavy atom. The molecule has 2 aromatic rings. The average molecular weight is 414 g/mol. The normalized spacial score (nSPS) is 34.0. The van der Waals surface area contributed by atoms with E-state index >= 15 is 0 Å². The second-order valence-corrected chi connectivity index (χ2v) is 10.5. The number of fused-ring (bicyclic) bond motifs is 3. The molecule has 3 atom stereocenters. The number of methoxy groups -OCH3 is 1. The summed E-state index contributed by atoms with van der Waals surface area (Å²) in [5, 5.41) is -0.524. The molecule has 6 rings (SSSR count). The zero-order chi connectivity index (χ0) is 21.5. The lowest BCUT2D eigenvalue weighted by atomic mass is 9.44. The van der Waals surface area contributed by atoms with Crippen LogP contribution in [0.25, 0.3) is 11.1 Å². The summed E-state index contributed by atoms with van der Waals surface area (Å²) in [5.41, 5.74) is 10.8. The maximum atomic E-state index is 6.28. The van der Waals surface area contributed by atoms with E-state index in [0.29, 0.717) is 12.1 Å². The predicted molar refractivity (Wildman–Crippen MR) is 124 cm³/mol. The summed E-state index contributed by atoms with van der Waals surface area (Å²) in [5.74, 6) is 0. The maximum absolute atomic E-state index is 6.28. The first kappa shape index (κ1) is 19.4. The Balaban J connectivity index is 1.55. The average Bonchev–Trinajstić information content (AvgIpc) is 3.38. The van der Waals surface area contributed by atoms with Crippen LogP contribution >= 0.6 is 0 Å². The van der Waals surface area contributed by atoms with Crippen molar-refractivity contribution in [3.05, 3.63) is 48.0 Å². The van der Waals surface area contributed by atoms with E-state index in [1.54, 1.807) is 6.33 Å². The summed E-state index contributed by atoms with van der Waals surface area (Å²) in [6.45, 7) is 0. The van der Waals surface area contributed by atoms with Gasteiger partial charge in [-0.25, -0.2) is 15.0 Å². The number of benzene rings is 1. The van der Waals surface area contributed by atoms with Crippen molar-refractivity contribution in [3.63, 3.8) is 0 Å². The molecule has 1 unspecified atom stereocenters. The number of nitrogens with two attached hydrogens (primary N) is 1. The lowest BCUT2D eigenvalue weighted by Gasteiger charge is -2.54. The SMILES string of the molecule is BC1(B)OC(N)=NC12c1cc(-c3cncnc3)ccc1C[C@]21CC[C@@H](OC)C2(CC2)C1. The van der Waals surface area contributed by atoms with Gasteiger partial charge in [-0.05, 0) is 66.7 Å². The molecule has 0 amide bonds. The van der Waals surface area contributed by atoms with Gasteiger partial charge in [0.05, 0.1) is 11.5 Å². The van der Waals surface area contributed by atoms with Gasteiger partial charge >= 0.3 is 0 Å². The van der Waals surface area contributed by atoms with Crippen LogP contribution < -0.4 is 5.73 Å². The first-order valence-corrected chi connectivity index (χ1v) is 11.3. The monoisotopic (exact) mass is 414 g/mol. The molecule has 3 aliphatic carbocycles. The Morgan fingerprint density at radius 3 is 2.55 bits per heavy atom. The minimum absolute atomic E-state index is 0.0166. The molecule has 1 aromatic heterocycles. The minimum Gasteiger partial charge on any atom is -0.475 e. The highest BCUT2D eigenvalue weighted by Crippen LogP contribution is 2.72. The molecule has 158 valence electrons. The number of nitrogens with zero attached hydrogens (tertiary/aromatic N) is 3. The molecule has 2 saturated carbocycles. The highest BCUT2D eigenvalue weighted by Gasteiger charge is 2.72. The summed E-state index contributed by atoms with van der Waals surface area (Å²) < 4.78 is 12.2. The van der Waals surface area contributed by atoms with Crippen molar-refractivity contribution in [2.75, 3.05) is 7.11 Å². The third kappa shape index (κ3) is 2.43. The van der Waals surface area contributed by atoms with Crippen LogP contribution in [0.1, 0.15) is 43.2 Å². The number of rotatable bonds is 2. The Morgan fingerprint density at radius 1 is 1.13 bits per heavy atom. The van der Waals surface area contributed by atoms with Crippen molar-refractivity contribution < 1.29 is 9.47 Å². The van der Waals surface area contributed by atoms with Crippen LogP contribution in [0.5, 0.6) is 0 Å². The fraction of sp³-hybridized carbons (Fsp3) is 0.522. The molecular weight excluding hydrogens is 386 g/mol. The van der Waals surface area contributed by atoms with E-state index < -0.39 is 10.9 Å². The van der Waals surface area contributed by atoms with Crippen molar-refractivity contribution in [1.82, 2.24) is 9.97 Å². The van der Waals surface area contributed by atoms with E-state index in [4.69, 9.17) is 20.2 Å². The molecule has 3 spiro atoms. The van der Waals surface area contributed by atoms with Crippen molar-refractivity contribution in [1.29, 1.82) is 0 Å². The van der Waals surface area contributed by atoms with E-state index in [0.717, 1.165) is 36.8 Å². The first-order chi connectivity index (χ1) is 14.8. The summed E-state index contributed by atoms with van der Waals surface area (Å²) in [6.07, 6.45) is 12.4. The van der Waals surface area contributed by atoms with E-state index in [1.807, 2.05) is 19.5 Å². The smallest absolute Gasteiger partial charge is 0.282 e. The Bertz CT molecular complexity index is 1090. The van der Waals surface area contributed by atoms with Crippen LogP contribution in [-0.2, 0) is 21.4 Å². The molecule has 2 heterocycles. The highest BCUT2D eigenvalue weighted by molar-refractivity contribution is 6.41. The van der Waals surface area contributed by atoms with Crippen LogP contribution in [0.4, 0.5) is 0 Å². The van der Waals surface area contributed by atoms with E-state index in [2.05, 4.69) is 43.9 Å². The number of hydrogen-bond acceptors (Lipinski definition) is 6. The van der Waals surface area contributed by atoms with E-state index in [1.165, 1.54) is 24.0 Å². The quantitative estimate of drug-likeness (QED) is 0.746. The molecule has 2 N–H and O–H groups in total. The molecular formula is C23H28B2N4O2. The fourth-order valence-electron chi connectivity index (χ4n) is 7.35. The molecule has 0 saturated heterocycles. The van der Waals surface area contributed by atoms with Crippen LogP contribution in [0.3, 0.4) is 0 Å². The largest absolute Gasteiger partial charge is 0.475 e. The molecule has 2 fully saturated rings. The van der Waals surface area contributed by atoms with Crippen molar-refractivity contribution in [2.24, 2.45) is 21.6 Å². The zero-order valence-electron chi connectivity index (χ0n) is 18.5. The van der Waals surface area contributed by atoms with Gasteiger partial charge in [-0.15, -0.1) is 0 Å². The van der Waals surface area contributed by atoms with Gasteiger partial charge in [0.1, 0.15) is 11.9 Å². The zero-order valence-corrected chi connectivity index (χ0v) is 18.5. The fourth-order valence-corrected chi connectivity index (χ4v) is 7.35. The van der Waals surface area contributed by atoms with Crippen LogP contribution in [-0.4, -0.2) is 50.3 Å². The van der Waals surface area contributed by atoms with Crippen LogP contribution in [0.2, 0.25) is 0 Å². The third-order valence-electron chi connectivity index (χ3n) is 8.63. The lowest BCUT2D eigenvalue weighted by Crippen LogP contribution is -2.60. The Hall–Kier alpha value is -2.34. The summed E-state index contributed by atoms with van der Waals surface area (Å²) >= 11 is 0. The van der Waals surface area contributed by atoms with Gasteiger partial charge in [0.2, 0.25) is 0 Å². The van der Waals surface area contributed by atoms with Crippen molar-refractivity contribution in [3.8, 4) is 11.1 Å². The van der Waals surface area contributed by atoms with E-state index in [-0.39, 0.29) is 10.8 Å². The van der Waals surface area contributed by atoms with Gasteiger partial charge < -0.3 is 15.2 Å². The van der Waals surface area contributed by atoms with Gasteiger partial charge in [0.15, 0.2) is 15.7 Å². The number of hydrogen-bond donors (Lipinski definition) is 1. The topological polar surface area (TPSA) is 82.6 Å². The predicted octanol–water partition coefficient (Wildman–Crippen LogP) is 1.13. The molecule has 8 heteroatoms. The number of aromatic nitrogens is 2. The molecule has 0 radical (unpaired) electrons. The second-order valence-electron chi connectivity index (χ2n) is 10.5. The molecule has 1 aromatic carbocycles. The van der Waals surface area contributed by atoms with Crippen molar-refractivity contribution >= 4 is 21.7 Å². The number of ether oxygens (including phenoxy) is 2. The first-order valence-electron chi connectivity index (χ1n) is 11.3. The van der Waals surface area contributed by atoms with Gasteiger partial charge in [-0.1, -0.05) is 12.1 Å². The van der Waals surface area contributed by atoms with Gasteiger partial charge in [0.25, 0.3) is 6.02 Å². The van der Waals surface area contributed by atoms with E-state index in [9.17, 15) is 0 Å². The highest BCUT2D eigenvalue weighted by atomic mass is 16.5. The number of amidine groups is 1. The van der Waals surface area contributed by atoms with Gasteiger partial charge in [-0.2, -0.15) is 0 Å². The maximum Gasteiger partial charge on any atom is 0.282 e. The van der Waals surface area contributed by atoms with Crippen molar-refractivity contribution in [2.45, 2.75) is 55.6 Å². The second kappa shape index (κ2) is 6.12. The molecule has 0 bridgehead atoms. The number of aliphatic imine (C=N–C) groups is 1. The summed E-state index contributed by atoms with van der Waals surface area (Å²) in [6, 6.07) is 7.06. The summed E-state index contributed by atoms with van der Waals surface area (Å²) in [7, 11) is 6.19. The molecule has 4 aliphatic rings.